The number of rotatable bonds is 11. The van der Waals surface area contributed by atoms with Crippen LogP contribution >= 0.6 is 23.1 Å². The van der Waals surface area contributed by atoms with Crippen LogP contribution in [-0.4, -0.2) is 53.5 Å². The lowest BCUT2D eigenvalue weighted by molar-refractivity contribution is -0.156. The monoisotopic (exact) mass is 691 g/mol. The summed E-state index contributed by atoms with van der Waals surface area (Å²) >= 11 is 3.35. The standard InChI is InChI=1S/C40H41N3O4S2/c1-39(2,3)47-38(45)35(43-30-20-21-32(37(44)46-4)33(24-30)36-41-22-23-48-36)34-25-31(26-42-34)49-40(27-14-8-5-9-15-27,28-16-10-6-11-17-28)29-18-12-7-13-19-29/h5-24,31,34-35,42-43H,25-26H2,1-4H3/t31-,34-,35?/m0/s1. The van der Waals surface area contributed by atoms with E-state index in [1.165, 1.54) is 35.1 Å². The predicted octanol–water partition coefficient (Wildman–Crippen LogP) is 8.17. The molecule has 0 bridgehead atoms. The first-order chi connectivity index (χ1) is 23.7. The molecule has 1 aliphatic rings. The molecular formula is C40H41N3O4S2. The second-order valence-electron chi connectivity index (χ2n) is 13.0. The van der Waals surface area contributed by atoms with Crippen molar-refractivity contribution in [1.82, 2.24) is 10.3 Å². The second-order valence-corrected chi connectivity index (χ2v) is 15.4. The van der Waals surface area contributed by atoms with Crippen molar-refractivity contribution in [2.24, 2.45) is 0 Å². The van der Waals surface area contributed by atoms with Gasteiger partial charge in [-0.2, -0.15) is 0 Å². The third kappa shape index (κ3) is 7.75. The highest BCUT2D eigenvalue weighted by molar-refractivity contribution is 8.01. The van der Waals surface area contributed by atoms with Crippen molar-refractivity contribution in [2.45, 2.75) is 54.9 Å². The number of ether oxygens (including phenoxy) is 2. The van der Waals surface area contributed by atoms with Crippen LogP contribution in [0.5, 0.6) is 0 Å². The van der Waals surface area contributed by atoms with Crippen LogP contribution in [-0.2, 0) is 19.0 Å². The first-order valence-electron chi connectivity index (χ1n) is 16.4. The van der Waals surface area contributed by atoms with E-state index in [1.54, 1.807) is 18.3 Å². The summed E-state index contributed by atoms with van der Waals surface area (Å²) < 4.78 is 10.5. The lowest BCUT2D eigenvalue weighted by Crippen LogP contribution is -2.48. The van der Waals surface area contributed by atoms with E-state index in [0.29, 0.717) is 28.4 Å². The van der Waals surface area contributed by atoms with Gasteiger partial charge in [-0.25, -0.2) is 14.6 Å². The van der Waals surface area contributed by atoms with Crippen LogP contribution in [0.3, 0.4) is 0 Å². The summed E-state index contributed by atoms with van der Waals surface area (Å²) in [5.41, 5.74) is 4.65. The normalized spacial score (nSPS) is 16.9. The molecule has 3 atom stereocenters. The van der Waals surface area contributed by atoms with Crippen molar-refractivity contribution in [3.8, 4) is 10.6 Å². The fourth-order valence-electron chi connectivity index (χ4n) is 6.37. The molecule has 0 aliphatic carbocycles. The van der Waals surface area contributed by atoms with Gasteiger partial charge >= 0.3 is 11.9 Å². The smallest absolute Gasteiger partial charge is 0.338 e. The topological polar surface area (TPSA) is 89.5 Å². The van der Waals surface area contributed by atoms with Crippen molar-refractivity contribution in [2.75, 3.05) is 19.0 Å². The summed E-state index contributed by atoms with van der Waals surface area (Å²) in [6.07, 6.45) is 2.42. The van der Waals surface area contributed by atoms with Crippen LogP contribution in [0.2, 0.25) is 0 Å². The molecule has 1 unspecified atom stereocenters. The minimum absolute atomic E-state index is 0.157. The Labute approximate surface area is 296 Å². The summed E-state index contributed by atoms with van der Waals surface area (Å²) in [4.78, 5) is 31.0. The van der Waals surface area contributed by atoms with Gasteiger partial charge in [-0.15, -0.1) is 23.1 Å². The molecule has 4 aromatic carbocycles. The number of esters is 2. The first kappa shape index (κ1) is 34.4. The van der Waals surface area contributed by atoms with Crippen LogP contribution in [0, 0.1) is 0 Å². The largest absolute Gasteiger partial charge is 0.465 e. The highest BCUT2D eigenvalue weighted by atomic mass is 32.2. The average molecular weight is 692 g/mol. The lowest BCUT2D eigenvalue weighted by Gasteiger charge is -2.37. The van der Waals surface area contributed by atoms with Gasteiger partial charge in [0.25, 0.3) is 0 Å². The Bertz CT molecular complexity index is 1750. The van der Waals surface area contributed by atoms with E-state index < -0.39 is 22.4 Å². The van der Waals surface area contributed by atoms with Gasteiger partial charge in [0.2, 0.25) is 0 Å². The van der Waals surface area contributed by atoms with Crippen LogP contribution in [0.15, 0.2) is 121 Å². The highest BCUT2D eigenvalue weighted by Gasteiger charge is 2.44. The number of nitrogens with one attached hydrogen (secondary N) is 2. The molecule has 7 nitrogen and oxygen atoms in total. The Morgan fingerprint density at radius 3 is 2.00 bits per heavy atom. The molecule has 1 aliphatic heterocycles. The van der Waals surface area contributed by atoms with E-state index in [1.807, 2.05) is 44.0 Å². The van der Waals surface area contributed by atoms with Crippen LogP contribution in [0.4, 0.5) is 5.69 Å². The number of methoxy groups -OCH3 is 1. The quantitative estimate of drug-likeness (QED) is 0.106. The van der Waals surface area contributed by atoms with E-state index in [-0.39, 0.29) is 17.3 Å². The number of nitrogens with zero attached hydrogens (tertiary/aromatic N) is 1. The third-order valence-corrected chi connectivity index (χ3v) is 11.0. The molecule has 252 valence electrons. The van der Waals surface area contributed by atoms with Crippen LogP contribution in [0.25, 0.3) is 10.6 Å². The third-order valence-electron chi connectivity index (χ3n) is 8.48. The number of benzene rings is 4. The fourth-order valence-corrected chi connectivity index (χ4v) is 8.84. The van der Waals surface area contributed by atoms with Gasteiger partial charge in [0.05, 0.1) is 17.4 Å². The molecule has 5 aromatic rings. The number of carbonyl (C=O) groups is 2. The number of anilines is 1. The number of hydrogen-bond donors (Lipinski definition) is 2. The molecule has 9 heteroatoms. The number of carbonyl (C=O) groups excluding carboxylic acids is 2. The zero-order valence-corrected chi connectivity index (χ0v) is 29.7. The summed E-state index contributed by atoms with van der Waals surface area (Å²) in [5.74, 6) is -0.791. The summed E-state index contributed by atoms with van der Waals surface area (Å²) in [7, 11) is 1.36. The predicted molar refractivity (Wildman–Crippen MR) is 199 cm³/mol. The molecular weight excluding hydrogens is 651 g/mol. The van der Waals surface area contributed by atoms with Crippen molar-refractivity contribution in [3.63, 3.8) is 0 Å². The Morgan fingerprint density at radius 2 is 1.49 bits per heavy atom. The zero-order chi connectivity index (χ0) is 34.4. The van der Waals surface area contributed by atoms with Crippen molar-refractivity contribution in [1.29, 1.82) is 0 Å². The molecule has 2 N–H and O–H groups in total. The van der Waals surface area contributed by atoms with Gasteiger partial charge in [-0.05, 0) is 62.1 Å². The minimum atomic E-state index is -0.697. The van der Waals surface area contributed by atoms with Crippen molar-refractivity contribution in [3.05, 3.63) is 143 Å². The van der Waals surface area contributed by atoms with E-state index in [4.69, 9.17) is 9.47 Å². The molecule has 1 fully saturated rings. The minimum Gasteiger partial charge on any atom is -0.465 e. The van der Waals surface area contributed by atoms with Gasteiger partial charge in [-0.3, -0.25) is 0 Å². The summed E-state index contributed by atoms with van der Waals surface area (Å²) in [6, 6.07) is 36.4. The first-order valence-corrected chi connectivity index (χ1v) is 18.1. The maximum Gasteiger partial charge on any atom is 0.338 e. The van der Waals surface area contributed by atoms with Gasteiger partial charge in [0.15, 0.2) is 0 Å². The number of thiazole rings is 1. The molecule has 0 radical (unpaired) electrons. The fraction of sp³-hybridized carbons (Fsp3) is 0.275. The highest BCUT2D eigenvalue weighted by Crippen LogP contribution is 2.51. The molecule has 0 amide bonds. The molecule has 2 heterocycles. The molecule has 1 aromatic heterocycles. The van der Waals surface area contributed by atoms with Crippen LogP contribution in [0.1, 0.15) is 54.2 Å². The average Bonchev–Trinajstić information content (AvgIpc) is 3.83. The molecule has 49 heavy (non-hydrogen) atoms. The van der Waals surface area contributed by atoms with Gasteiger partial charge < -0.3 is 20.1 Å². The zero-order valence-electron chi connectivity index (χ0n) is 28.1. The number of aromatic nitrogens is 1. The summed E-state index contributed by atoms with van der Waals surface area (Å²) in [6.45, 7) is 6.34. The molecule has 1 saturated heterocycles. The molecule has 6 rings (SSSR count). The maximum atomic E-state index is 13.9. The molecule has 0 saturated carbocycles. The lowest BCUT2D eigenvalue weighted by atomic mass is 9.84. The maximum absolute atomic E-state index is 13.9. The van der Waals surface area contributed by atoms with E-state index in [9.17, 15) is 9.59 Å². The molecule has 0 spiro atoms. The van der Waals surface area contributed by atoms with Crippen LogP contribution < -0.4 is 10.6 Å². The van der Waals surface area contributed by atoms with Gasteiger partial charge in [-0.1, -0.05) is 91.0 Å². The van der Waals surface area contributed by atoms with E-state index in [2.05, 4.69) is 107 Å². The Balaban J connectivity index is 1.34. The van der Waals surface area contributed by atoms with E-state index >= 15 is 0 Å². The Hall–Kier alpha value is -4.44. The van der Waals surface area contributed by atoms with Gasteiger partial charge in [0.1, 0.15) is 16.7 Å². The Kier molecular flexibility index (Phi) is 10.5. The van der Waals surface area contributed by atoms with E-state index in [0.717, 1.165) is 6.42 Å². The number of hydrogen-bond acceptors (Lipinski definition) is 9. The second kappa shape index (κ2) is 15.0. The Morgan fingerprint density at radius 1 is 0.898 bits per heavy atom. The SMILES string of the molecule is COC(=O)c1ccc(NC(C(=O)OC(C)(C)C)[C@@H]2C[C@H](SC(c3ccccc3)(c3ccccc3)c3ccccc3)CN2)cc1-c1nccs1. The van der Waals surface area contributed by atoms with Gasteiger partial charge in [0, 0.05) is 40.7 Å². The number of thioether (sulfide) groups is 1. The van der Waals surface area contributed by atoms with Crippen molar-refractivity contribution >= 4 is 40.7 Å². The summed E-state index contributed by atoms with van der Waals surface area (Å²) in [5, 5.41) is 9.88. The van der Waals surface area contributed by atoms with Crippen molar-refractivity contribution < 1.29 is 19.1 Å².